The maximum atomic E-state index is 10.9. The zero-order valence-electron chi connectivity index (χ0n) is 12.8. The van der Waals surface area contributed by atoms with E-state index in [9.17, 15) is 14.9 Å². The van der Waals surface area contributed by atoms with E-state index in [0.717, 1.165) is 4.47 Å². The Balaban J connectivity index is 0.000000249. The van der Waals surface area contributed by atoms with Gasteiger partial charge in [0.15, 0.2) is 11.5 Å². The van der Waals surface area contributed by atoms with Crippen molar-refractivity contribution in [3.8, 4) is 11.5 Å². The summed E-state index contributed by atoms with van der Waals surface area (Å²) < 4.78 is 11.3. The summed E-state index contributed by atoms with van der Waals surface area (Å²) >= 11 is 3.31. The lowest BCUT2D eigenvalue weighted by atomic mass is 10.1. The molecule has 0 saturated heterocycles. The molecule has 1 aliphatic heterocycles. The van der Waals surface area contributed by atoms with Crippen LogP contribution in [0.1, 0.15) is 12.5 Å². The summed E-state index contributed by atoms with van der Waals surface area (Å²) in [6, 6.07) is 12.8. The van der Waals surface area contributed by atoms with Gasteiger partial charge in [-0.25, -0.2) is 0 Å². The SMILES string of the molecule is Brc1ccccc1.C/C(C=O)=C\c1cc2c(cc1[N+](=O)[O-])OCO2. The molecule has 1 aliphatic rings. The number of ether oxygens (including phenoxy) is 2. The first-order valence-corrected chi connectivity index (χ1v) is 7.72. The number of aldehydes is 1. The minimum absolute atomic E-state index is 0.0479. The minimum atomic E-state index is -0.522. The molecule has 0 N–H and O–H groups in total. The number of fused-ring (bicyclic) bond motifs is 1. The molecule has 0 saturated carbocycles. The van der Waals surface area contributed by atoms with E-state index in [1.54, 1.807) is 6.92 Å². The van der Waals surface area contributed by atoms with Gasteiger partial charge < -0.3 is 9.47 Å². The molecule has 2 aromatic carbocycles. The van der Waals surface area contributed by atoms with E-state index in [0.29, 0.717) is 28.9 Å². The second kappa shape index (κ2) is 8.26. The molecule has 0 unspecified atom stereocenters. The van der Waals surface area contributed by atoms with E-state index in [1.807, 2.05) is 30.3 Å². The molecule has 0 aromatic heterocycles. The molecule has 7 heteroatoms. The highest BCUT2D eigenvalue weighted by Gasteiger charge is 2.22. The molecule has 1 heterocycles. The fraction of sp³-hybridized carbons (Fsp3) is 0.118. The van der Waals surface area contributed by atoms with Crippen LogP contribution in [0.25, 0.3) is 6.08 Å². The summed E-state index contributed by atoms with van der Waals surface area (Å²) in [5.74, 6) is 0.790. The van der Waals surface area contributed by atoms with Crippen molar-refractivity contribution in [3.05, 3.63) is 68.2 Å². The van der Waals surface area contributed by atoms with Gasteiger partial charge >= 0.3 is 0 Å². The molecule has 0 bridgehead atoms. The Morgan fingerprint density at radius 3 is 2.33 bits per heavy atom. The maximum absolute atomic E-state index is 10.9. The number of rotatable bonds is 3. The number of hydrogen-bond acceptors (Lipinski definition) is 5. The van der Waals surface area contributed by atoms with E-state index in [4.69, 9.17) is 9.47 Å². The number of carbonyl (C=O) groups excluding carboxylic acids is 1. The van der Waals surface area contributed by atoms with Crippen LogP contribution < -0.4 is 9.47 Å². The molecular weight excluding hydrogens is 378 g/mol. The number of hydrogen-bond donors (Lipinski definition) is 0. The summed E-state index contributed by atoms with van der Waals surface area (Å²) in [7, 11) is 0. The highest BCUT2D eigenvalue weighted by atomic mass is 79.9. The summed E-state index contributed by atoms with van der Waals surface area (Å²) in [4.78, 5) is 20.9. The first kappa shape index (κ1) is 17.7. The zero-order valence-corrected chi connectivity index (χ0v) is 14.4. The van der Waals surface area contributed by atoms with E-state index in [2.05, 4.69) is 15.9 Å². The molecule has 0 radical (unpaired) electrons. The van der Waals surface area contributed by atoms with E-state index < -0.39 is 4.92 Å². The van der Waals surface area contributed by atoms with Crippen molar-refractivity contribution in [2.24, 2.45) is 0 Å². The average molecular weight is 392 g/mol. The van der Waals surface area contributed by atoms with E-state index >= 15 is 0 Å². The third kappa shape index (κ3) is 4.66. The first-order valence-electron chi connectivity index (χ1n) is 6.93. The number of nitro groups is 1. The maximum Gasteiger partial charge on any atom is 0.280 e. The summed E-state index contributed by atoms with van der Waals surface area (Å²) in [6.07, 6.45) is 2.07. The molecular formula is C17H14BrNO5. The van der Waals surface area contributed by atoms with Crippen LogP contribution >= 0.6 is 15.9 Å². The van der Waals surface area contributed by atoms with Crippen molar-refractivity contribution in [3.63, 3.8) is 0 Å². The summed E-state index contributed by atoms with van der Waals surface area (Å²) in [5.41, 5.74) is 0.603. The monoisotopic (exact) mass is 391 g/mol. The number of allylic oxidation sites excluding steroid dienone is 1. The lowest BCUT2D eigenvalue weighted by molar-refractivity contribution is -0.385. The van der Waals surface area contributed by atoms with Crippen LogP contribution in [0.4, 0.5) is 5.69 Å². The topological polar surface area (TPSA) is 78.7 Å². The lowest BCUT2D eigenvalue weighted by Crippen LogP contribution is -1.93. The number of carbonyl (C=O) groups is 1. The predicted octanol–water partition coefficient (Wildman–Crippen LogP) is 4.37. The van der Waals surface area contributed by atoms with Gasteiger partial charge in [0, 0.05) is 4.47 Å². The van der Waals surface area contributed by atoms with E-state index in [1.165, 1.54) is 18.2 Å². The second-order valence-corrected chi connectivity index (χ2v) is 5.74. The van der Waals surface area contributed by atoms with Gasteiger partial charge in [0.1, 0.15) is 6.29 Å². The van der Waals surface area contributed by atoms with Gasteiger partial charge in [-0.2, -0.15) is 0 Å². The Kier molecular flexibility index (Phi) is 6.08. The molecule has 2 aromatic rings. The largest absolute Gasteiger partial charge is 0.454 e. The molecule has 0 aliphatic carbocycles. The molecule has 0 atom stereocenters. The van der Waals surface area contributed by atoms with Gasteiger partial charge in [0.05, 0.1) is 16.6 Å². The number of nitrogens with zero attached hydrogens (tertiary/aromatic N) is 1. The Morgan fingerprint density at radius 2 is 1.83 bits per heavy atom. The van der Waals surface area contributed by atoms with Gasteiger partial charge in [-0.05, 0) is 36.8 Å². The quantitative estimate of drug-likeness (QED) is 0.335. The van der Waals surface area contributed by atoms with E-state index in [-0.39, 0.29) is 12.5 Å². The lowest BCUT2D eigenvalue weighted by Gasteiger charge is -2.01. The summed E-state index contributed by atoms with van der Waals surface area (Å²) in [5, 5.41) is 10.9. The fourth-order valence-electron chi connectivity index (χ4n) is 1.91. The third-order valence-corrected chi connectivity index (χ3v) is 3.55. The van der Waals surface area contributed by atoms with Crippen LogP contribution in [0.5, 0.6) is 11.5 Å². The number of nitro benzene ring substituents is 1. The van der Waals surface area contributed by atoms with Crippen molar-refractivity contribution in [2.45, 2.75) is 6.92 Å². The molecule has 3 rings (SSSR count). The van der Waals surface area contributed by atoms with Crippen LogP contribution in [-0.4, -0.2) is 18.0 Å². The van der Waals surface area contributed by atoms with Crippen molar-refractivity contribution in [2.75, 3.05) is 6.79 Å². The highest BCUT2D eigenvalue weighted by molar-refractivity contribution is 9.10. The number of halogens is 1. The molecule has 0 amide bonds. The first-order chi connectivity index (χ1) is 11.5. The highest BCUT2D eigenvalue weighted by Crippen LogP contribution is 2.38. The minimum Gasteiger partial charge on any atom is -0.454 e. The third-order valence-electron chi connectivity index (χ3n) is 3.02. The van der Waals surface area contributed by atoms with Crippen molar-refractivity contribution < 1.29 is 19.2 Å². The average Bonchev–Trinajstić information content (AvgIpc) is 3.02. The Morgan fingerprint density at radius 1 is 1.21 bits per heavy atom. The van der Waals surface area contributed by atoms with Crippen molar-refractivity contribution in [1.82, 2.24) is 0 Å². The Labute approximate surface area is 147 Å². The Hall–Kier alpha value is -2.67. The molecule has 24 heavy (non-hydrogen) atoms. The van der Waals surface area contributed by atoms with Crippen LogP contribution in [0.3, 0.4) is 0 Å². The van der Waals surface area contributed by atoms with Crippen LogP contribution in [-0.2, 0) is 4.79 Å². The molecule has 6 nitrogen and oxygen atoms in total. The predicted molar refractivity (Wildman–Crippen MR) is 93.1 cm³/mol. The molecule has 0 fully saturated rings. The molecule has 124 valence electrons. The summed E-state index contributed by atoms with van der Waals surface area (Å²) in [6.45, 7) is 1.62. The van der Waals surface area contributed by atoms with Gasteiger partial charge in [-0.15, -0.1) is 0 Å². The number of benzene rings is 2. The Bertz CT molecular complexity index is 774. The van der Waals surface area contributed by atoms with Gasteiger partial charge in [-0.1, -0.05) is 34.1 Å². The second-order valence-electron chi connectivity index (χ2n) is 4.82. The van der Waals surface area contributed by atoms with Crippen molar-refractivity contribution in [1.29, 1.82) is 0 Å². The normalized spacial score (nSPS) is 12.2. The van der Waals surface area contributed by atoms with Gasteiger partial charge in [0.25, 0.3) is 5.69 Å². The van der Waals surface area contributed by atoms with Crippen LogP contribution in [0.2, 0.25) is 0 Å². The standard InChI is InChI=1S/C11H9NO5.C6H5Br/c1-7(5-13)2-8-3-10-11(17-6-16-10)4-9(8)12(14)15;7-6-4-2-1-3-5-6/h2-5H,6H2,1H3;1-5H/b7-2+;. The fourth-order valence-corrected chi connectivity index (χ4v) is 2.22. The van der Waals surface area contributed by atoms with Gasteiger partial charge in [-0.3, -0.25) is 14.9 Å². The molecule has 0 spiro atoms. The smallest absolute Gasteiger partial charge is 0.280 e. The van der Waals surface area contributed by atoms with Crippen molar-refractivity contribution >= 4 is 34.0 Å². The van der Waals surface area contributed by atoms with Crippen LogP contribution in [0, 0.1) is 10.1 Å². The zero-order chi connectivity index (χ0) is 17.5. The van der Waals surface area contributed by atoms with Gasteiger partial charge in [0.2, 0.25) is 6.79 Å². The van der Waals surface area contributed by atoms with Crippen LogP contribution in [0.15, 0.2) is 52.5 Å².